The molecule has 0 aliphatic rings. The van der Waals surface area contributed by atoms with Crippen LogP contribution in [0.4, 0.5) is 0 Å². The lowest BCUT2D eigenvalue weighted by Gasteiger charge is -2.10. The van der Waals surface area contributed by atoms with E-state index in [4.69, 9.17) is 21.6 Å². The average molecular weight is 419 g/mol. The highest BCUT2D eigenvalue weighted by Gasteiger charge is 2.11. The summed E-state index contributed by atoms with van der Waals surface area (Å²) in [6, 6.07) is 38.6. The van der Waals surface area contributed by atoms with Gasteiger partial charge in [0, 0.05) is 21.7 Å². The quantitative estimate of drug-likeness (QED) is 0.297. The molecule has 3 heteroatoms. The second kappa shape index (κ2) is 8.55. The predicted octanol–water partition coefficient (Wildman–Crippen LogP) is 7.80. The van der Waals surface area contributed by atoms with Crippen LogP contribution in [0.3, 0.4) is 0 Å². The first-order chi connectivity index (χ1) is 15.3. The fourth-order valence-electron chi connectivity index (χ4n) is 3.59. The average Bonchev–Trinajstić information content (AvgIpc) is 2.85. The number of nitrogens with zero attached hydrogens (tertiary/aromatic N) is 2. The van der Waals surface area contributed by atoms with E-state index in [0.29, 0.717) is 5.82 Å². The second-order valence-electron chi connectivity index (χ2n) is 7.29. The van der Waals surface area contributed by atoms with Gasteiger partial charge in [-0.3, -0.25) is 0 Å². The highest BCUT2D eigenvalue weighted by atomic mass is 35.5. The standard InChI is InChI=1S/C28H19ClN2/c29-25-16-8-14-23(18-25)22-13-7-15-24(17-22)27-19-26(20-9-3-1-4-10-20)30-28(31-27)21-11-5-2-6-12-21/h1-19H. The largest absolute Gasteiger partial charge is 0.228 e. The van der Waals surface area contributed by atoms with Crippen molar-refractivity contribution in [1.29, 1.82) is 0 Å². The van der Waals surface area contributed by atoms with Crippen LogP contribution >= 0.6 is 11.6 Å². The smallest absolute Gasteiger partial charge is 0.160 e. The fraction of sp³-hybridized carbons (Fsp3) is 0. The Morgan fingerprint density at radius 2 is 0.935 bits per heavy atom. The third-order valence-corrected chi connectivity index (χ3v) is 5.38. The first kappa shape index (κ1) is 19.2. The lowest BCUT2D eigenvalue weighted by atomic mass is 10.0. The molecular weight excluding hydrogens is 400 g/mol. The van der Waals surface area contributed by atoms with Crippen LogP contribution in [-0.4, -0.2) is 9.97 Å². The van der Waals surface area contributed by atoms with E-state index in [2.05, 4.69) is 48.5 Å². The van der Waals surface area contributed by atoms with Crippen LogP contribution in [0.2, 0.25) is 5.02 Å². The Bertz CT molecular complexity index is 1270. The minimum atomic E-state index is 0.713. The van der Waals surface area contributed by atoms with Crippen molar-refractivity contribution < 1.29 is 0 Å². The SMILES string of the molecule is Clc1cccc(-c2cccc(-c3cc(-c4ccccc4)nc(-c4ccccc4)n3)c2)c1. The minimum absolute atomic E-state index is 0.713. The minimum Gasteiger partial charge on any atom is -0.228 e. The summed E-state index contributed by atoms with van der Waals surface area (Å²) in [7, 11) is 0. The molecule has 0 radical (unpaired) electrons. The second-order valence-corrected chi connectivity index (χ2v) is 7.72. The molecule has 1 heterocycles. The third kappa shape index (κ3) is 4.25. The first-order valence-electron chi connectivity index (χ1n) is 10.1. The number of halogens is 1. The van der Waals surface area contributed by atoms with Crippen LogP contribution in [0.1, 0.15) is 0 Å². The molecule has 0 aliphatic carbocycles. The molecule has 31 heavy (non-hydrogen) atoms. The van der Waals surface area contributed by atoms with Gasteiger partial charge < -0.3 is 0 Å². The van der Waals surface area contributed by atoms with Gasteiger partial charge in [0.05, 0.1) is 11.4 Å². The maximum absolute atomic E-state index is 6.21. The Labute approximate surface area is 186 Å². The molecule has 4 aromatic carbocycles. The molecule has 0 bridgehead atoms. The lowest BCUT2D eigenvalue weighted by Crippen LogP contribution is -1.96. The Morgan fingerprint density at radius 3 is 1.61 bits per heavy atom. The Kier molecular flexibility index (Phi) is 5.30. The van der Waals surface area contributed by atoms with Crippen LogP contribution in [-0.2, 0) is 0 Å². The third-order valence-electron chi connectivity index (χ3n) is 5.14. The zero-order valence-electron chi connectivity index (χ0n) is 16.7. The number of hydrogen-bond donors (Lipinski definition) is 0. The molecule has 0 unspecified atom stereocenters. The van der Waals surface area contributed by atoms with E-state index in [9.17, 15) is 0 Å². The number of benzene rings is 4. The Hall–Kier alpha value is -3.75. The maximum atomic E-state index is 6.21. The zero-order chi connectivity index (χ0) is 21.0. The summed E-state index contributed by atoms with van der Waals surface area (Å²) in [5, 5.41) is 0.725. The topological polar surface area (TPSA) is 25.8 Å². The van der Waals surface area contributed by atoms with Gasteiger partial charge >= 0.3 is 0 Å². The normalized spacial score (nSPS) is 10.7. The van der Waals surface area contributed by atoms with Gasteiger partial charge in [-0.2, -0.15) is 0 Å². The monoisotopic (exact) mass is 418 g/mol. The van der Waals surface area contributed by atoms with E-state index in [1.165, 1.54) is 0 Å². The Balaban J connectivity index is 1.66. The summed E-state index contributed by atoms with van der Waals surface area (Å²) in [6.07, 6.45) is 0. The van der Waals surface area contributed by atoms with Crippen molar-refractivity contribution in [1.82, 2.24) is 9.97 Å². The van der Waals surface area contributed by atoms with Crippen molar-refractivity contribution in [3.8, 4) is 45.0 Å². The van der Waals surface area contributed by atoms with Crippen molar-refractivity contribution in [3.63, 3.8) is 0 Å². The molecule has 2 nitrogen and oxygen atoms in total. The maximum Gasteiger partial charge on any atom is 0.160 e. The number of rotatable bonds is 4. The molecule has 5 rings (SSSR count). The van der Waals surface area contributed by atoms with Crippen molar-refractivity contribution in [2.24, 2.45) is 0 Å². The van der Waals surface area contributed by atoms with E-state index in [1.54, 1.807) is 0 Å². The molecule has 148 valence electrons. The van der Waals surface area contributed by atoms with Crippen LogP contribution < -0.4 is 0 Å². The van der Waals surface area contributed by atoms with Crippen LogP contribution in [0.25, 0.3) is 45.0 Å². The van der Waals surface area contributed by atoms with E-state index >= 15 is 0 Å². The van der Waals surface area contributed by atoms with Crippen molar-refractivity contribution in [3.05, 3.63) is 120 Å². The zero-order valence-corrected chi connectivity index (χ0v) is 17.5. The van der Waals surface area contributed by atoms with Gasteiger partial charge in [0.25, 0.3) is 0 Å². The summed E-state index contributed by atoms with van der Waals surface area (Å²) in [6.45, 7) is 0. The van der Waals surface area contributed by atoms with E-state index in [1.807, 2.05) is 66.7 Å². The van der Waals surface area contributed by atoms with E-state index in [-0.39, 0.29) is 0 Å². The number of hydrogen-bond acceptors (Lipinski definition) is 2. The van der Waals surface area contributed by atoms with E-state index in [0.717, 1.165) is 44.2 Å². The number of aromatic nitrogens is 2. The molecule has 5 aromatic rings. The van der Waals surface area contributed by atoms with Gasteiger partial charge in [0.2, 0.25) is 0 Å². The fourth-order valence-corrected chi connectivity index (χ4v) is 3.78. The predicted molar refractivity (Wildman–Crippen MR) is 129 cm³/mol. The first-order valence-corrected chi connectivity index (χ1v) is 10.5. The molecule has 1 aromatic heterocycles. The van der Waals surface area contributed by atoms with Gasteiger partial charge in [-0.1, -0.05) is 103 Å². The summed E-state index contributed by atoms with van der Waals surface area (Å²) < 4.78 is 0. The van der Waals surface area contributed by atoms with Crippen molar-refractivity contribution in [2.45, 2.75) is 0 Å². The van der Waals surface area contributed by atoms with Crippen LogP contribution in [0.15, 0.2) is 115 Å². The molecule has 0 N–H and O–H groups in total. The van der Waals surface area contributed by atoms with Crippen molar-refractivity contribution >= 4 is 11.6 Å². The highest BCUT2D eigenvalue weighted by molar-refractivity contribution is 6.30. The van der Waals surface area contributed by atoms with E-state index < -0.39 is 0 Å². The molecule has 0 atom stereocenters. The molecule has 0 spiro atoms. The van der Waals surface area contributed by atoms with Gasteiger partial charge in [-0.05, 0) is 35.4 Å². The van der Waals surface area contributed by atoms with Gasteiger partial charge in [-0.25, -0.2) is 9.97 Å². The molecular formula is C28H19ClN2. The van der Waals surface area contributed by atoms with Crippen molar-refractivity contribution in [2.75, 3.05) is 0 Å². The summed E-state index contributed by atoms with van der Waals surface area (Å²) in [4.78, 5) is 9.78. The summed E-state index contributed by atoms with van der Waals surface area (Å²) >= 11 is 6.21. The van der Waals surface area contributed by atoms with Gasteiger partial charge in [0.1, 0.15) is 0 Å². The summed E-state index contributed by atoms with van der Waals surface area (Å²) in [5.41, 5.74) is 7.06. The lowest BCUT2D eigenvalue weighted by molar-refractivity contribution is 1.18. The Morgan fingerprint density at radius 1 is 0.419 bits per heavy atom. The van der Waals surface area contributed by atoms with Gasteiger partial charge in [0.15, 0.2) is 5.82 Å². The van der Waals surface area contributed by atoms with Gasteiger partial charge in [-0.15, -0.1) is 0 Å². The van der Waals surface area contributed by atoms with Crippen LogP contribution in [0.5, 0.6) is 0 Å². The molecule has 0 aliphatic heterocycles. The summed E-state index contributed by atoms with van der Waals surface area (Å²) in [5.74, 6) is 0.713. The molecule has 0 saturated carbocycles. The molecule has 0 fully saturated rings. The molecule has 0 amide bonds. The highest BCUT2D eigenvalue weighted by Crippen LogP contribution is 2.30. The van der Waals surface area contributed by atoms with Crippen LogP contribution in [0, 0.1) is 0 Å². The molecule has 0 saturated heterocycles.